The second kappa shape index (κ2) is 10.1. The van der Waals surface area contributed by atoms with Crippen molar-refractivity contribution < 1.29 is 4.79 Å². The summed E-state index contributed by atoms with van der Waals surface area (Å²) in [5, 5.41) is 12.5. The van der Waals surface area contributed by atoms with Crippen LogP contribution in [0.2, 0.25) is 0 Å². The number of hydrogen-bond donors (Lipinski definition) is 4. The Bertz CT molecular complexity index is 241. The van der Waals surface area contributed by atoms with Crippen LogP contribution in [0.4, 0.5) is 0 Å². The van der Waals surface area contributed by atoms with Gasteiger partial charge in [-0.3, -0.25) is 4.79 Å². The van der Waals surface area contributed by atoms with Gasteiger partial charge in [0.1, 0.15) is 0 Å². The number of hydrogen-bond acceptors (Lipinski definition) is 5. The van der Waals surface area contributed by atoms with Crippen molar-refractivity contribution in [3.8, 4) is 0 Å². The van der Waals surface area contributed by atoms with Gasteiger partial charge in [-0.25, -0.2) is 0 Å². The lowest BCUT2D eigenvalue weighted by atomic mass is 10.1. The van der Waals surface area contributed by atoms with Crippen molar-refractivity contribution in [2.75, 3.05) is 59.9 Å². The van der Waals surface area contributed by atoms with Gasteiger partial charge in [-0.1, -0.05) is 0 Å². The van der Waals surface area contributed by atoms with Gasteiger partial charge in [0, 0.05) is 32.2 Å². The molecule has 4 N–H and O–H groups in total. The molecule has 1 heterocycles. The van der Waals surface area contributed by atoms with Gasteiger partial charge in [0.05, 0.1) is 6.54 Å². The first-order valence-corrected chi connectivity index (χ1v) is 7.26. The van der Waals surface area contributed by atoms with Gasteiger partial charge in [0.25, 0.3) is 0 Å². The summed E-state index contributed by atoms with van der Waals surface area (Å²) in [6.07, 6.45) is 2.41. The summed E-state index contributed by atoms with van der Waals surface area (Å²) in [6, 6.07) is 0.613. The van der Waals surface area contributed by atoms with E-state index in [4.69, 9.17) is 0 Å². The number of rotatable bonds is 9. The van der Waals surface area contributed by atoms with Crippen molar-refractivity contribution in [3.05, 3.63) is 0 Å². The molecular formula is C13H29N5O. The van der Waals surface area contributed by atoms with Crippen LogP contribution in [-0.2, 0) is 4.79 Å². The summed E-state index contributed by atoms with van der Waals surface area (Å²) in [5.41, 5.74) is 0. The molecule has 6 heteroatoms. The molecule has 0 radical (unpaired) electrons. The molecule has 0 bridgehead atoms. The maximum absolute atomic E-state index is 11.5. The number of likely N-dealkylation sites (tertiary alicyclic amines) is 1. The Hall–Kier alpha value is -0.690. The van der Waals surface area contributed by atoms with E-state index in [1.54, 1.807) is 0 Å². The molecule has 0 aromatic heterocycles. The summed E-state index contributed by atoms with van der Waals surface area (Å²) in [5.74, 6) is 0.0706. The molecule has 19 heavy (non-hydrogen) atoms. The van der Waals surface area contributed by atoms with E-state index >= 15 is 0 Å². The number of amides is 1. The van der Waals surface area contributed by atoms with Crippen molar-refractivity contribution >= 4 is 5.91 Å². The minimum atomic E-state index is 0.0706. The van der Waals surface area contributed by atoms with E-state index in [1.807, 2.05) is 7.05 Å². The number of piperidine rings is 1. The molecule has 1 fully saturated rings. The lowest BCUT2D eigenvalue weighted by Gasteiger charge is -2.29. The molecule has 0 unspecified atom stereocenters. The highest BCUT2D eigenvalue weighted by molar-refractivity contribution is 5.77. The zero-order valence-electron chi connectivity index (χ0n) is 12.3. The highest BCUT2D eigenvalue weighted by Gasteiger charge is 2.15. The molecule has 0 aromatic rings. The van der Waals surface area contributed by atoms with Crippen LogP contribution >= 0.6 is 0 Å². The van der Waals surface area contributed by atoms with E-state index in [0.29, 0.717) is 19.1 Å². The average molecular weight is 271 g/mol. The van der Waals surface area contributed by atoms with Gasteiger partial charge >= 0.3 is 0 Å². The quantitative estimate of drug-likeness (QED) is 0.388. The normalized spacial score (nSPS) is 17.6. The zero-order chi connectivity index (χ0) is 13.9. The van der Waals surface area contributed by atoms with Crippen LogP contribution in [0.3, 0.4) is 0 Å². The molecule has 1 rings (SSSR count). The highest BCUT2D eigenvalue weighted by Crippen LogP contribution is 2.07. The standard InChI is InChI=1S/C13H29N5O/c1-14-5-6-15-11-13(19)17-8-7-16-12-3-9-18(2)10-4-12/h12,14-16H,3-11H2,1-2H3,(H,17,19). The summed E-state index contributed by atoms with van der Waals surface area (Å²) in [7, 11) is 4.06. The van der Waals surface area contributed by atoms with E-state index in [-0.39, 0.29) is 5.91 Å². The maximum Gasteiger partial charge on any atom is 0.234 e. The van der Waals surface area contributed by atoms with Gasteiger partial charge in [0.15, 0.2) is 0 Å². The first kappa shape index (κ1) is 16.4. The maximum atomic E-state index is 11.5. The van der Waals surface area contributed by atoms with Crippen LogP contribution < -0.4 is 21.3 Å². The van der Waals surface area contributed by atoms with Gasteiger partial charge in [-0.2, -0.15) is 0 Å². The fourth-order valence-electron chi connectivity index (χ4n) is 2.17. The largest absolute Gasteiger partial charge is 0.354 e. The van der Waals surface area contributed by atoms with Crippen molar-refractivity contribution in [2.24, 2.45) is 0 Å². The molecule has 0 saturated carbocycles. The lowest BCUT2D eigenvalue weighted by molar-refractivity contribution is -0.120. The lowest BCUT2D eigenvalue weighted by Crippen LogP contribution is -2.44. The monoisotopic (exact) mass is 271 g/mol. The summed E-state index contributed by atoms with van der Waals surface area (Å²) < 4.78 is 0. The predicted octanol–water partition coefficient (Wildman–Crippen LogP) is -1.40. The van der Waals surface area contributed by atoms with E-state index in [1.165, 1.54) is 25.9 Å². The zero-order valence-corrected chi connectivity index (χ0v) is 12.3. The van der Waals surface area contributed by atoms with E-state index in [0.717, 1.165) is 19.6 Å². The molecule has 1 amide bonds. The number of likely N-dealkylation sites (N-methyl/N-ethyl adjacent to an activating group) is 1. The van der Waals surface area contributed by atoms with Crippen molar-refractivity contribution in [2.45, 2.75) is 18.9 Å². The first-order chi connectivity index (χ1) is 9.22. The second-order valence-electron chi connectivity index (χ2n) is 5.16. The molecule has 6 nitrogen and oxygen atoms in total. The number of carbonyl (C=O) groups excluding carboxylic acids is 1. The molecule has 0 aliphatic carbocycles. The van der Waals surface area contributed by atoms with Gasteiger partial charge < -0.3 is 26.2 Å². The second-order valence-corrected chi connectivity index (χ2v) is 5.16. The summed E-state index contributed by atoms with van der Waals surface area (Å²) in [6.45, 7) is 5.99. The molecule has 112 valence electrons. The Kier molecular flexibility index (Phi) is 8.73. The molecule has 0 spiro atoms. The van der Waals surface area contributed by atoms with E-state index < -0.39 is 0 Å². The third kappa shape index (κ3) is 8.15. The number of carbonyl (C=O) groups is 1. The molecule has 1 aliphatic rings. The van der Waals surface area contributed by atoms with Gasteiger partial charge in [0.2, 0.25) is 5.91 Å². The van der Waals surface area contributed by atoms with E-state index in [2.05, 4.69) is 33.2 Å². The highest BCUT2D eigenvalue weighted by atomic mass is 16.1. The molecule has 0 aromatic carbocycles. The molecule has 1 aliphatic heterocycles. The predicted molar refractivity (Wildman–Crippen MR) is 78.3 cm³/mol. The third-order valence-corrected chi connectivity index (χ3v) is 3.44. The average Bonchev–Trinajstić information content (AvgIpc) is 2.42. The Morgan fingerprint density at radius 3 is 2.58 bits per heavy atom. The fourth-order valence-corrected chi connectivity index (χ4v) is 2.17. The Morgan fingerprint density at radius 2 is 1.89 bits per heavy atom. The first-order valence-electron chi connectivity index (χ1n) is 7.26. The van der Waals surface area contributed by atoms with Crippen LogP contribution in [0.1, 0.15) is 12.8 Å². The summed E-state index contributed by atoms with van der Waals surface area (Å²) >= 11 is 0. The van der Waals surface area contributed by atoms with Crippen LogP contribution in [0.5, 0.6) is 0 Å². The van der Waals surface area contributed by atoms with Crippen LogP contribution in [0.15, 0.2) is 0 Å². The third-order valence-electron chi connectivity index (χ3n) is 3.44. The van der Waals surface area contributed by atoms with Crippen LogP contribution in [0.25, 0.3) is 0 Å². The minimum Gasteiger partial charge on any atom is -0.354 e. The molecule has 1 saturated heterocycles. The Morgan fingerprint density at radius 1 is 1.16 bits per heavy atom. The van der Waals surface area contributed by atoms with Crippen molar-refractivity contribution in [1.82, 2.24) is 26.2 Å². The van der Waals surface area contributed by atoms with Crippen molar-refractivity contribution in [3.63, 3.8) is 0 Å². The number of nitrogens with one attached hydrogen (secondary N) is 4. The van der Waals surface area contributed by atoms with Crippen LogP contribution in [0, 0.1) is 0 Å². The topological polar surface area (TPSA) is 68.4 Å². The Balaban J connectivity index is 1.91. The van der Waals surface area contributed by atoms with Crippen molar-refractivity contribution in [1.29, 1.82) is 0 Å². The van der Waals surface area contributed by atoms with Gasteiger partial charge in [-0.15, -0.1) is 0 Å². The number of nitrogens with zero attached hydrogens (tertiary/aromatic N) is 1. The summed E-state index contributed by atoms with van der Waals surface area (Å²) in [4.78, 5) is 13.8. The van der Waals surface area contributed by atoms with Gasteiger partial charge in [-0.05, 0) is 40.0 Å². The fraction of sp³-hybridized carbons (Fsp3) is 0.923. The molecule has 0 atom stereocenters. The van der Waals surface area contributed by atoms with Crippen LogP contribution in [-0.4, -0.2) is 76.8 Å². The molecular weight excluding hydrogens is 242 g/mol. The smallest absolute Gasteiger partial charge is 0.234 e. The van der Waals surface area contributed by atoms with E-state index in [9.17, 15) is 4.79 Å². The Labute approximate surface area is 116 Å². The SMILES string of the molecule is CNCCNCC(=O)NCCNC1CCN(C)CC1. The minimum absolute atomic E-state index is 0.0706.